The lowest BCUT2D eigenvalue weighted by Gasteiger charge is -2.24. The third kappa shape index (κ3) is 5.27. The van der Waals surface area contributed by atoms with E-state index in [1.54, 1.807) is 0 Å². The van der Waals surface area contributed by atoms with Crippen LogP contribution < -0.4 is 0 Å². The van der Waals surface area contributed by atoms with E-state index in [9.17, 15) is 9.59 Å². The molecule has 0 aromatic carbocycles. The fraction of sp³-hybridized carbons (Fsp3) is 0.882. The summed E-state index contributed by atoms with van der Waals surface area (Å²) in [6.07, 6.45) is 7.24. The number of carbonyl (C=O) groups is 2. The number of unbranched alkanes of at least 4 members (excludes halogenated alkanes) is 2. The minimum Gasteiger partial charge on any atom is -0.342 e. The monoisotopic (exact) mass is 309 g/mol. The van der Waals surface area contributed by atoms with Crippen LogP contribution in [0.1, 0.15) is 51.9 Å². The quantitative estimate of drug-likeness (QED) is 0.702. The van der Waals surface area contributed by atoms with Gasteiger partial charge in [0.15, 0.2) is 0 Å². The lowest BCUT2D eigenvalue weighted by Crippen LogP contribution is -2.41. The summed E-state index contributed by atoms with van der Waals surface area (Å²) in [5, 5.41) is 0. The number of likely N-dealkylation sites (tertiary alicyclic amines) is 1. The Balaban J connectivity index is 1.72. The molecule has 0 spiro atoms. The van der Waals surface area contributed by atoms with Gasteiger partial charge in [0.1, 0.15) is 0 Å². The van der Waals surface area contributed by atoms with Crippen LogP contribution in [0, 0.1) is 0 Å². The predicted octanol–water partition coefficient (Wildman–Crippen LogP) is 1.72. The van der Waals surface area contributed by atoms with Gasteiger partial charge in [0.2, 0.25) is 11.8 Å². The van der Waals surface area contributed by atoms with Crippen LogP contribution in [0.5, 0.6) is 0 Å². The van der Waals surface area contributed by atoms with Crippen molar-refractivity contribution in [1.82, 2.24) is 14.7 Å². The molecule has 0 bridgehead atoms. The fourth-order valence-electron chi connectivity index (χ4n) is 3.32. The molecule has 2 saturated heterocycles. The molecule has 5 nitrogen and oxygen atoms in total. The van der Waals surface area contributed by atoms with Gasteiger partial charge >= 0.3 is 0 Å². The minimum absolute atomic E-state index is 0.264. The second-order valence-corrected chi connectivity index (χ2v) is 6.56. The van der Waals surface area contributed by atoms with Gasteiger partial charge in [-0.2, -0.15) is 0 Å². The summed E-state index contributed by atoms with van der Waals surface area (Å²) in [6.45, 7) is 7.92. The molecule has 2 fully saturated rings. The van der Waals surface area contributed by atoms with Gasteiger partial charge < -0.3 is 9.80 Å². The van der Waals surface area contributed by atoms with Crippen molar-refractivity contribution in [3.05, 3.63) is 0 Å². The highest BCUT2D eigenvalue weighted by Gasteiger charge is 2.23. The van der Waals surface area contributed by atoms with Gasteiger partial charge in [-0.15, -0.1) is 0 Å². The summed E-state index contributed by atoms with van der Waals surface area (Å²) in [7, 11) is 0. The van der Waals surface area contributed by atoms with Gasteiger partial charge in [0.05, 0.1) is 6.54 Å². The number of nitrogens with zero attached hydrogens (tertiary/aromatic N) is 3. The van der Waals surface area contributed by atoms with Crippen LogP contribution in [-0.4, -0.2) is 72.3 Å². The van der Waals surface area contributed by atoms with E-state index in [1.807, 2.05) is 9.80 Å². The summed E-state index contributed by atoms with van der Waals surface area (Å²) in [4.78, 5) is 30.6. The summed E-state index contributed by atoms with van der Waals surface area (Å²) in [5.74, 6) is 0.557. The third-order valence-electron chi connectivity index (χ3n) is 4.75. The third-order valence-corrected chi connectivity index (χ3v) is 4.75. The second-order valence-electron chi connectivity index (χ2n) is 6.56. The zero-order valence-electron chi connectivity index (χ0n) is 14.1. The molecule has 0 aromatic heterocycles. The number of hydrogen-bond acceptors (Lipinski definition) is 3. The van der Waals surface area contributed by atoms with Crippen molar-refractivity contribution in [1.29, 1.82) is 0 Å². The van der Waals surface area contributed by atoms with Crippen LogP contribution in [0.2, 0.25) is 0 Å². The Hall–Kier alpha value is -1.10. The minimum atomic E-state index is 0.264. The van der Waals surface area contributed by atoms with Gasteiger partial charge in [-0.25, -0.2) is 0 Å². The Kier molecular flexibility index (Phi) is 7.16. The van der Waals surface area contributed by atoms with Crippen LogP contribution in [0.25, 0.3) is 0 Å². The van der Waals surface area contributed by atoms with Gasteiger partial charge in [-0.05, 0) is 25.7 Å². The lowest BCUT2D eigenvalue weighted by molar-refractivity contribution is -0.131. The van der Waals surface area contributed by atoms with E-state index in [0.29, 0.717) is 18.9 Å². The molecule has 22 heavy (non-hydrogen) atoms. The molecule has 2 heterocycles. The SMILES string of the molecule is CCCCCC(=O)N1CCCN(CC(=O)N2CCCC2)CC1. The van der Waals surface area contributed by atoms with E-state index in [1.165, 1.54) is 0 Å². The standard InChI is InChI=1S/C17H31N3O2/c1-2-3-4-8-16(21)20-12-7-9-18(13-14-20)15-17(22)19-10-5-6-11-19/h2-15H2,1H3. The Morgan fingerprint density at radius 3 is 2.18 bits per heavy atom. The molecule has 2 amide bonds. The Bertz CT molecular complexity index is 367. The molecule has 0 aromatic rings. The predicted molar refractivity (Wildman–Crippen MR) is 87.6 cm³/mol. The number of amides is 2. The highest BCUT2D eigenvalue weighted by Crippen LogP contribution is 2.11. The molecule has 2 aliphatic rings. The average molecular weight is 309 g/mol. The van der Waals surface area contributed by atoms with Crippen molar-refractivity contribution in [3.8, 4) is 0 Å². The van der Waals surface area contributed by atoms with Crippen LogP contribution in [0.4, 0.5) is 0 Å². The van der Waals surface area contributed by atoms with Crippen molar-refractivity contribution in [2.75, 3.05) is 45.8 Å². The number of hydrogen-bond donors (Lipinski definition) is 0. The van der Waals surface area contributed by atoms with Crippen molar-refractivity contribution in [2.45, 2.75) is 51.9 Å². The zero-order valence-corrected chi connectivity index (χ0v) is 14.1. The van der Waals surface area contributed by atoms with Crippen LogP contribution >= 0.6 is 0 Å². The molecule has 0 saturated carbocycles. The molecule has 0 unspecified atom stereocenters. The van der Waals surface area contributed by atoms with Gasteiger partial charge in [-0.3, -0.25) is 14.5 Å². The van der Waals surface area contributed by atoms with E-state index >= 15 is 0 Å². The van der Waals surface area contributed by atoms with Gasteiger partial charge in [0, 0.05) is 45.7 Å². The largest absolute Gasteiger partial charge is 0.342 e. The smallest absolute Gasteiger partial charge is 0.236 e. The maximum atomic E-state index is 12.2. The first-order valence-electron chi connectivity index (χ1n) is 8.98. The van der Waals surface area contributed by atoms with Crippen molar-refractivity contribution >= 4 is 11.8 Å². The van der Waals surface area contributed by atoms with E-state index < -0.39 is 0 Å². The summed E-state index contributed by atoms with van der Waals surface area (Å²) < 4.78 is 0. The first-order valence-corrected chi connectivity index (χ1v) is 8.98. The highest BCUT2D eigenvalue weighted by molar-refractivity contribution is 5.78. The molecule has 0 N–H and O–H groups in total. The van der Waals surface area contributed by atoms with Crippen molar-refractivity contribution in [2.24, 2.45) is 0 Å². The Morgan fingerprint density at radius 1 is 0.773 bits per heavy atom. The number of rotatable bonds is 6. The second kappa shape index (κ2) is 9.13. The lowest BCUT2D eigenvalue weighted by atomic mass is 10.2. The first-order chi connectivity index (χ1) is 10.7. The van der Waals surface area contributed by atoms with E-state index in [0.717, 1.165) is 77.8 Å². The maximum Gasteiger partial charge on any atom is 0.236 e. The summed E-state index contributed by atoms with van der Waals surface area (Å²) >= 11 is 0. The normalized spacial score (nSPS) is 20.2. The summed E-state index contributed by atoms with van der Waals surface area (Å²) in [5.41, 5.74) is 0. The molecule has 2 aliphatic heterocycles. The highest BCUT2D eigenvalue weighted by atomic mass is 16.2. The number of carbonyl (C=O) groups excluding carboxylic acids is 2. The van der Waals surface area contributed by atoms with E-state index in [2.05, 4.69) is 11.8 Å². The van der Waals surface area contributed by atoms with Crippen molar-refractivity contribution in [3.63, 3.8) is 0 Å². The zero-order chi connectivity index (χ0) is 15.8. The van der Waals surface area contributed by atoms with Crippen molar-refractivity contribution < 1.29 is 9.59 Å². The average Bonchev–Trinajstić information content (AvgIpc) is 2.95. The Morgan fingerprint density at radius 2 is 1.45 bits per heavy atom. The molecule has 0 atom stereocenters. The van der Waals surface area contributed by atoms with Gasteiger partial charge in [0.25, 0.3) is 0 Å². The van der Waals surface area contributed by atoms with Crippen LogP contribution in [0.15, 0.2) is 0 Å². The summed E-state index contributed by atoms with van der Waals surface area (Å²) in [6, 6.07) is 0. The fourth-order valence-corrected chi connectivity index (χ4v) is 3.32. The van der Waals surface area contributed by atoms with E-state index in [-0.39, 0.29) is 5.91 Å². The molecular weight excluding hydrogens is 278 g/mol. The molecule has 0 radical (unpaired) electrons. The van der Waals surface area contributed by atoms with Gasteiger partial charge in [-0.1, -0.05) is 19.8 Å². The first kappa shape index (κ1) is 17.3. The molecule has 5 heteroatoms. The molecule has 126 valence electrons. The van der Waals surface area contributed by atoms with E-state index in [4.69, 9.17) is 0 Å². The Labute approximate surface area is 134 Å². The van der Waals surface area contributed by atoms with Crippen LogP contribution in [0.3, 0.4) is 0 Å². The van der Waals surface area contributed by atoms with Crippen LogP contribution in [-0.2, 0) is 9.59 Å². The molecular formula is C17H31N3O2. The topological polar surface area (TPSA) is 43.9 Å². The maximum absolute atomic E-state index is 12.2. The molecule has 2 rings (SSSR count). The molecule has 0 aliphatic carbocycles.